The summed E-state index contributed by atoms with van der Waals surface area (Å²) < 4.78 is 5.00. The van der Waals surface area contributed by atoms with Gasteiger partial charge in [0.2, 0.25) is 0 Å². The fourth-order valence-electron chi connectivity index (χ4n) is 1.67. The highest BCUT2D eigenvalue weighted by molar-refractivity contribution is 5.92. The smallest absolute Gasteiger partial charge is 0.411 e. The number of amides is 1. The number of hydrogen-bond acceptors (Lipinski definition) is 4. The Kier molecular flexibility index (Phi) is 4.40. The standard InChI is InChI=1S/C15H13NO5/c17-13-8-11(6-7-12(13)14(18)19)16-15(20)21-9-10-4-2-1-3-5-10/h1-8,17H,9H2,(H,16,20)(H,18,19). The van der Waals surface area contributed by atoms with Gasteiger partial charge in [-0.25, -0.2) is 9.59 Å². The van der Waals surface area contributed by atoms with Gasteiger partial charge in [0.1, 0.15) is 17.9 Å². The van der Waals surface area contributed by atoms with E-state index in [9.17, 15) is 14.7 Å². The van der Waals surface area contributed by atoms with Crippen molar-refractivity contribution in [3.8, 4) is 5.75 Å². The van der Waals surface area contributed by atoms with Gasteiger partial charge in [-0.15, -0.1) is 0 Å². The highest BCUT2D eigenvalue weighted by Crippen LogP contribution is 2.22. The van der Waals surface area contributed by atoms with Crippen LogP contribution in [0.4, 0.5) is 10.5 Å². The van der Waals surface area contributed by atoms with Gasteiger partial charge in [-0.2, -0.15) is 0 Å². The molecule has 6 nitrogen and oxygen atoms in total. The minimum absolute atomic E-state index is 0.117. The third kappa shape index (κ3) is 3.97. The van der Waals surface area contributed by atoms with E-state index in [0.29, 0.717) is 0 Å². The molecule has 21 heavy (non-hydrogen) atoms. The summed E-state index contributed by atoms with van der Waals surface area (Å²) in [5.74, 6) is -1.67. The van der Waals surface area contributed by atoms with E-state index in [2.05, 4.69) is 5.32 Å². The first kappa shape index (κ1) is 14.4. The van der Waals surface area contributed by atoms with Crippen molar-refractivity contribution >= 4 is 17.7 Å². The van der Waals surface area contributed by atoms with Gasteiger partial charge in [-0.1, -0.05) is 30.3 Å². The number of anilines is 1. The number of aromatic carboxylic acids is 1. The van der Waals surface area contributed by atoms with E-state index in [0.717, 1.165) is 11.6 Å². The summed E-state index contributed by atoms with van der Waals surface area (Å²) in [5.41, 5.74) is 0.852. The lowest BCUT2D eigenvalue weighted by atomic mass is 10.2. The number of phenols is 1. The van der Waals surface area contributed by atoms with Crippen LogP contribution in [0.15, 0.2) is 48.5 Å². The Morgan fingerprint density at radius 3 is 2.43 bits per heavy atom. The second-order valence-electron chi connectivity index (χ2n) is 4.22. The average molecular weight is 287 g/mol. The molecule has 0 aliphatic carbocycles. The van der Waals surface area contributed by atoms with E-state index in [-0.39, 0.29) is 17.9 Å². The molecule has 6 heteroatoms. The molecule has 2 aromatic carbocycles. The summed E-state index contributed by atoms with van der Waals surface area (Å²) in [4.78, 5) is 22.3. The van der Waals surface area contributed by atoms with Crippen molar-refractivity contribution in [2.75, 3.05) is 5.32 Å². The Labute approximate surface area is 120 Å². The molecule has 0 aromatic heterocycles. The Balaban J connectivity index is 1.94. The van der Waals surface area contributed by atoms with Crippen molar-refractivity contribution < 1.29 is 24.5 Å². The summed E-state index contributed by atoms with van der Waals surface area (Å²) in [6.07, 6.45) is -0.693. The molecule has 2 rings (SSSR count). The van der Waals surface area contributed by atoms with Crippen LogP contribution in [0.25, 0.3) is 0 Å². The van der Waals surface area contributed by atoms with Gasteiger partial charge in [0.15, 0.2) is 0 Å². The van der Waals surface area contributed by atoms with Crippen LogP contribution in [0.2, 0.25) is 0 Å². The van der Waals surface area contributed by atoms with Crippen LogP contribution in [0.1, 0.15) is 15.9 Å². The minimum atomic E-state index is -1.24. The molecule has 0 saturated carbocycles. The number of carboxylic acids is 1. The molecule has 0 atom stereocenters. The highest BCUT2D eigenvalue weighted by atomic mass is 16.5. The van der Waals surface area contributed by atoms with Gasteiger partial charge in [-0.05, 0) is 17.7 Å². The molecule has 3 N–H and O–H groups in total. The van der Waals surface area contributed by atoms with Crippen molar-refractivity contribution in [1.29, 1.82) is 0 Å². The summed E-state index contributed by atoms with van der Waals surface area (Å²) in [6, 6.07) is 12.9. The van der Waals surface area contributed by atoms with Crippen molar-refractivity contribution in [3.05, 3.63) is 59.7 Å². The lowest BCUT2D eigenvalue weighted by Gasteiger charge is -2.08. The summed E-state index contributed by atoms with van der Waals surface area (Å²) >= 11 is 0. The zero-order valence-electron chi connectivity index (χ0n) is 10.9. The normalized spacial score (nSPS) is 9.90. The van der Waals surface area contributed by atoms with E-state index in [1.165, 1.54) is 12.1 Å². The Hall–Kier alpha value is -3.02. The van der Waals surface area contributed by atoms with Gasteiger partial charge in [0, 0.05) is 11.8 Å². The number of ether oxygens (including phenoxy) is 1. The third-order valence-electron chi connectivity index (χ3n) is 2.69. The van der Waals surface area contributed by atoms with Gasteiger partial charge >= 0.3 is 12.1 Å². The Morgan fingerprint density at radius 1 is 1.10 bits per heavy atom. The average Bonchev–Trinajstić information content (AvgIpc) is 2.46. The quantitative estimate of drug-likeness (QED) is 0.803. The number of aromatic hydroxyl groups is 1. The second kappa shape index (κ2) is 6.42. The maximum atomic E-state index is 11.6. The number of hydrogen-bond donors (Lipinski definition) is 3. The van der Waals surface area contributed by atoms with E-state index in [1.54, 1.807) is 0 Å². The van der Waals surface area contributed by atoms with Gasteiger partial charge in [-0.3, -0.25) is 5.32 Å². The Bertz CT molecular complexity index is 654. The van der Waals surface area contributed by atoms with E-state index < -0.39 is 17.8 Å². The first-order valence-corrected chi connectivity index (χ1v) is 6.10. The largest absolute Gasteiger partial charge is 0.507 e. The predicted octanol–water partition coefficient (Wildman–Crippen LogP) is 2.84. The van der Waals surface area contributed by atoms with Gasteiger partial charge in [0.25, 0.3) is 0 Å². The van der Waals surface area contributed by atoms with Crippen molar-refractivity contribution in [1.82, 2.24) is 0 Å². The lowest BCUT2D eigenvalue weighted by molar-refractivity contribution is 0.0693. The predicted molar refractivity (Wildman–Crippen MR) is 75.3 cm³/mol. The number of nitrogens with one attached hydrogen (secondary N) is 1. The lowest BCUT2D eigenvalue weighted by Crippen LogP contribution is -2.13. The fraction of sp³-hybridized carbons (Fsp3) is 0.0667. The maximum Gasteiger partial charge on any atom is 0.411 e. The summed E-state index contributed by atoms with van der Waals surface area (Å²) in [7, 11) is 0. The SMILES string of the molecule is O=C(Nc1ccc(C(=O)O)c(O)c1)OCc1ccccc1. The van der Waals surface area contributed by atoms with Gasteiger partial charge in [0.05, 0.1) is 0 Å². The molecule has 0 fully saturated rings. The van der Waals surface area contributed by atoms with Crippen molar-refractivity contribution in [3.63, 3.8) is 0 Å². The van der Waals surface area contributed by atoms with E-state index in [4.69, 9.17) is 9.84 Å². The molecule has 0 bridgehead atoms. The monoisotopic (exact) mass is 287 g/mol. The second-order valence-corrected chi connectivity index (χ2v) is 4.22. The van der Waals surface area contributed by atoms with Crippen LogP contribution in [-0.2, 0) is 11.3 Å². The Morgan fingerprint density at radius 2 is 1.81 bits per heavy atom. The van der Waals surface area contributed by atoms with Gasteiger partial charge < -0.3 is 14.9 Å². The topological polar surface area (TPSA) is 95.9 Å². The number of benzene rings is 2. The molecule has 0 aliphatic heterocycles. The zero-order chi connectivity index (χ0) is 15.2. The molecule has 0 aliphatic rings. The maximum absolute atomic E-state index is 11.6. The third-order valence-corrected chi connectivity index (χ3v) is 2.69. The van der Waals surface area contributed by atoms with E-state index >= 15 is 0 Å². The molecular formula is C15H13NO5. The van der Waals surface area contributed by atoms with Crippen LogP contribution >= 0.6 is 0 Å². The number of carboxylic acid groups (broad SMARTS) is 1. The molecule has 2 aromatic rings. The minimum Gasteiger partial charge on any atom is -0.507 e. The van der Waals surface area contributed by atoms with Crippen molar-refractivity contribution in [2.24, 2.45) is 0 Å². The molecule has 0 radical (unpaired) electrons. The number of carbonyl (C=O) groups excluding carboxylic acids is 1. The van der Waals surface area contributed by atoms with Crippen LogP contribution in [0, 0.1) is 0 Å². The molecule has 0 unspecified atom stereocenters. The summed E-state index contributed by atoms with van der Waals surface area (Å²) in [5, 5.41) is 20.7. The molecule has 1 amide bonds. The van der Waals surface area contributed by atoms with Crippen LogP contribution < -0.4 is 5.32 Å². The first-order chi connectivity index (χ1) is 10.1. The zero-order valence-corrected chi connectivity index (χ0v) is 10.9. The van der Waals surface area contributed by atoms with Crippen molar-refractivity contribution in [2.45, 2.75) is 6.61 Å². The molecule has 0 spiro atoms. The number of rotatable bonds is 4. The van der Waals surface area contributed by atoms with Crippen LogP contribution in [0.3, 0.4) is 0 Å². The summed E-state index contributed by atoms with van der Waals surface area (Å²) in [6.45, 7) is 0.117. The molecular weight excluding hydrogens is 274 g/mol. The highest BCUT2D eigenvalue weighted by Gasteiger charge is 2.11. The van der Waals surface area contributed by atoms with E-state index in [1.807, 2.05) is 30.3 Å². The van der Waals surface area contributed by atoms with Crippen LogP contribution in [-0.4, -0.2) is 22.3 Å². The number of carbonyl (C=O) groups is 2. The van der Waals surface area contributed by atoms with Crippen LogP contribution in [0.5, 0.6) is 5.75 Å². The molecule has 108 valence electrons. The molecule has 0 heterocycles. The molecule has 0 saturated heterocycles. The fourth-order valence-corrected chi connectivity index (χ4v) is 1.67. The first-order valence-electron chi connectivity index (χ1n) is 6.10.